The Balaban J connectivity index is 1.85. The van der Waals surface area contributed by atoms with Crippen LogP contribution in [-0.4, -0.2) is 29.5 Å². The van der Waals surface area contributed by atoms with Gasteiger partial charge in [0.2, 0.25) is 0 Å². The maximum atomic E-state index is 12.4. The fourth-order valence-corrected chi connectivity index (χ4v) is 2.37. The normalized spacial score (nSPS) is 10.6. The number of carbonyl (C=O) groups excluding carboxylic acids is 1. The second kappa shape index (κ2) is 6.00. The average Bonchev–Trinajstić information content (AvgIpc) is 2.93. The summed E-state index contributed by atoms with van der Waals surface area (Å²) >= 11 is 0. The lowest BCUT2D eigenvalue weighted by atomic mass is 10.2. The van der Waals surface area contributed by atoms with Gasteiger partial charge in [-0.1, -0.05) is 0 Å². The van der Waals surface area contributed by atoms with Crippen molar-refractivity contribution in [3.8, 4) is 11.5 Å². The molecule has 0 unspecified atom stereocenters. The Labute approximate surface area is 133 Å². The van der Waals surface area contributed by atoms with Crippen molar-refractivity contribution >= 4 is 17.2 Å². The van der Waals surface area contributed by atoms with E-state index in [-0.39, 0.29) is 5.91 Å². The van der Waals surface area contributed by atoms with Gasteiger partial charge in [-0.3, -0.25) is 4.79 Å². The minimum absolute atomic E-state index is 0.203. The fraction of sp³-hybridized carbons (Fsp3) is 0.176. The van der Waals surface area contributed by atoms with Crippen molar-refractivity contribution in [1.29, 1.82) is 0 Å². The molecule has 6 nitrogen and oxygen atoms in total. The minimum Gasteiger partial charge on any atom is -0.493 e. The van der Waals surface area contributed by atoms with Crippen LogP contribution in [0.2, 0.25) is 0 Å². The third-order valence-corrected chi connectivity index (χ3v) is 3.48. The van der Waals surface area contributed by atoms with Crippen LogP contribution >= 0.6 is 0 Å². The van der Waals surface area contributed by atoms with E-state index in [9.17, 15) is 4.79 Å². The summed E-state index contributed by atoms with van der Waals surface area (Å²) in [6.07, 6.45) is 3.63. The minimum atomic E-state index is -0.203. The first-order chi connectivity index (χ1) is 11.1. The largest absolute Gasteiger partial charge is 0.493 e. The lowest BCUT2D eigenvalue weighted by Crippen LogP contribution is -2.12. The first-order valence-corrected chi connectivity index (χ1v) is 7.09. The van der Waals surface area contributed by atoms with Crippen molar-refractivity contribution in [1.82, 2.24) is 9.38 Å². The Bertz CT molecular complexity index is 871. The van der Waals surface area contributed by atoms with E-state index in [2.05, 4.69) is 10.3 Å². The molecule has 0 fully saturated rings. The maximum Gasteiger partial charge on any atom is 0.257 e. The second-order valence-corrected chi connectivity index (χ2v) is 5.09. The number of methoxy groups -OCH3 is 2. The number of carbonyl (C=O) groups is 1. The molecule has 1 N–H and O–H groups in total. The molecule has 0 aliphatic rings. The van der Waals surface area contributed by atoms with Gasteiger partial charge in [-0.2, -0.15) is 0 Å². The van der Waals surface area contributed by atoms with E-state index in [1.165, 1.54) is 0 Å². The number of nitrogens with one attached hydrogen (secondary N) is 1. The first kappa shape index (κ1) is 14.9. The molecule has 1 aromatic carbocycles. The number of aromatic nitrogens is 2. The number of benzene rings is 1. The van der Waals surface area contributed by atoms with E-state index in [1.54, 1.807) is 44.7 Å². The van der Waals surface area contributed by atoms with Gasteiger partial charge in [-0.25, -0.2) is 4.98 Å². The van der Waals surface area contributed by atoms with Gasteiger partial charge in [0.25, 0.3) is 5.91 Å². The van der Waals surface area contributed by atoms with E-state index in [4.69, 9.17) is 9.47 Å². The zero-order valence-electron chi connectivity index (χ0n) is 13.2. The van der Waals surface area contributed by atoms with E-state index < -0.39 is 0 Å². The highest BCUT2D eigenvalue weighted by molar-refractivity contribution is 6.04. The fourth-order valence-electron chi connectivity index (χ4n) is 2.37. The highest BCUT2D eigenvalue weighted by atomic mass is 16.5. The van der Waals surface area contributed by atoms with Crippen LogP contribution in [0.25, 0.3) is 5.65 Å². The number of imidazole rings is 1. The lowest BCUT2D eigenvalue weighted by Gasteiger charge is -2.10. The molecule has 2 heterocycles. The van der Waals surface area contributed by atoms with Crippen molar-refractivity contribution < 1.29 is 14.3 Å². The molecule has 118 valence electrons. The highest BCUT2D eigenvalue weighted by Crippen LogP contribution is 2.29. The summed E-state index contributed by atoms with van der Waals surface area (Å²) in [5.74, 6) is 0.970. The van der Waals surface area contributed by atoms with Crippen molar-refractivity contribution in [3.63, 3.8) is 0 Å². The number of nitrogens with zero attached hydrogens (tertiary/aromatic N) is 2. The number of fused-ring (bicyclic) bond motifs is 1. The molecule has 1 amide bonds. The van der Waals surface area contributed by atoms with Crippen LogP contribution in [-0.2, 0) is 0 Å². The van der Waals surface area contributed by atoms with Gasteiger partial charge in [-0.05, 0) is 31.2 Å². The van der Waals surface area contributed by atoms with E-state index in [1.807, 2.05) is 23.6 Å². The second-order valence-electron chi connectivity index (χ2n) is 5.09. The van der Waals surface area contributed by atoms with Gasteiger partial charge in [0.15, 0.2) is 11.5 Å². The summed E-state index contributed by atoms with van der Waals surface area (Å²) in [6.45, 7) is 1.91. The Hall–Kier alpha value is -3.02. The Morgan fingerprint density at radius 1 is 1.09 bits per heavy atom. The predicted octanol–water partition coefficient (Wildman–Crippen LogP) is 2.91. The molecule has 0 atom stereocenters. The Morgan fingerprint density at radius 3 is 2.61 bits per heavy atom. The molecular formula is C17H17N3O3. The molecule has 0 aliphatic heterocycles. The van der Waals surface area contributed by atoms with Crippen LogP contribution in [0.15, 0.2) is 42.7 Å². The van der Waals surface area contributed by atoms with Gasteiger partial charge in [0.1, 0.15) is 5.65 Å². The van der Waals surface area contributed by atoms with Crippen LogP contribution in [0, 0.1) is 6.92 Å². The number of aryl methyl sites for hydroxylation is 1. The number of hydrogen-bond donors (Lipinski definition) is 1. The van der Waals surface area contributed by atoms with Crippen molar-refractivity contribution in [2.75, 3.05) is 19.5 Å². The summed E-state index contributed by atoms with van der Waals surface area (Å²) in [5.41, 5.74) is 2.90. The van der Waals surface area contributed by atoms with Crippen LogP contribution in [0.5, 0.6) is 11.5 Å². The topological polar surface area (TPSA) is 64.9 Å². The number of amides is 1. The summed E-state index contributed by atoms with van der Waals surface area (Å²) < 4.78 is 12.3. The Kier molecular flexibility index (Phi) is 3.89. The van der Waals surface area contributed by atoms with Gasteiger partial charge < -0.3 is 19.2 Å². The number of pyridine rings is 1. The van der Waals surface area contributed by atoms with Crippen molar-refractivity contribution in [3.05, 3.63) is 54.0 Å². The number of hydrogen-bond acceptors (Lipinski definition) is 4. The first-order valence-electron chi connectivity index (χ1n) is 7.09. The highest BCUT2D eigenvalue weighted by Gasteiger charge is 2.10. The maximum absolute atomic E-state index is 12.4. The quantitative estimate of drug-likeness (QED) is 0.804. The van der Waals surface area contributed by atoms with E-state index >= 15 is 0 Å². The molecule has 0 aliphatic carbocycles. The molecule has 0 bridgehead atoms. The SMILES string of the molecule is COc1ccc(NC(=O)c2ccc3nc(C)cn3c2)cc1OC. The van der Waals surface area contributed by atoms with Crippen LogP contribution in [0.3, 0.4) is 0 Å². The van der Waals surface area contributed by atoms with Crippen LogP contribution in [0.4, 0.5) is 5.69 Å². The van der Waals surface area contributed by atoms with Crippen LogP contribution in [0.1, 0.15) is 16.1 Å². The molecule has 3 aromatic rings. The van der Waals surface area contributed by atoms with Gasteiger partial charge in [0.05, 0.1) is 25.5 Å². The van der Waals surface area contributed by atoms with Crippen molar-refractivity contribution in [2.24, 2.45) is 0 Å². The third-order valence-electron chi connectivity index (χ3n) is 3.48. The van der Waals surface area contributed by atoms with E-state index in [0.29, 0.717) is 22.7 Å². The average molecular weight is 311 g/mol. The standard InChI is InChI=1S/C17H17N3O3/c1-11-9-20-10-12(4-7-16(20)18-11)17(21)19-13-5-6-14(22-2)15(8-13)23-3/h4-10H,1-3H3,(H,19,21). The smallest absolute Gasteiger partial charge is 0.257 e. The lowest BCUT2D eigenvalue weighted by molar-refractivity contribution is 0.102. The summed E-state index contributed by atoms with van der Waals surface area (Å²) in [5, 5.41) is 2.85. The zero-order chi connectivity index (χ0) is 16.4. The molecule has 2 aromatic heterocycles. The third kappa shape index (κ3) is 2.96. The van der Waals surface area contributed by atoms with Crippen molar-refractivity contribution in [2.45, 2.75) is 6.92 Å². The van der Waals surface area contributed by atoms with Gasteiger partial charge >= 0.3 is 0 Å². The molecule has 0 radical (unpaired) electrons. The monoisotopic (exact) mass is 311 g/mol. The van der Waals surface area contributed by atoms with E-state index in [0.717, 1.165) is 11.3 Å². The summed E-state index contributed by atoms with van der Waals surface area (Å²) in [6, 6.07) is 8.79. The van der Waals surface area contributed by atoms with Gasteiger partial charge in [0, 0.05) is 24.1 Å². The molecule has 23 heavy (non-hydrogen) atoms. The zero-order valence-corrected chi connectivity index (χ0v) is 13.2. The summed E-state index contributed by atoms with van der Waals surface area (Å²) in [7, 11) is 3.12. The molecule has 0 saturated carbocycles. The number of anilines is 1. The van der Waals surface area contributed by atoms with Gasteiger partial charge in [-0.15, -0.1) is 0 Å². The summed E-state index contributed by atoms with van der Waals surface area (Å²) in [4.78, 5) is 16.7. The van der Waals surface area contributed by atoms with Crippen LogP contribution < -0.4 is 14.8 Å². The molecule has 6 heteroatoms. The predicted molar refractivity (Wildman–Crippen MR) is 87.4 cm³/mol. The molecule has 0 saturated heterocycles. The number of ether oxygens (including phenoxy) is 2. The molecule has 3 rings (SSSR count). The molecular weight excluding hydrogens is 294 g/mol. The Morgan fingerprint density at radius 2 is 1.87 bits per heavy atom. The number of rotatable bonds is 4. The molecule has 0 spiro atoms.